The lowest BCUT2D eigenvalue weighted by Crippen LogP contribution is -2.34. The lowest BCUT2D eigenvalue weighted by Gasteiger charge is -2.16. The number of nitrogens with one attached hydrogen (secondary N) is 2. The Morgan fingerprint density at radius 1 is 1.18 bits per heavy atom. The van der Waals surface area contributed by atoms with E-state index in [4.69, 9.17) is 0 Å². The Balaban J connectivity index is 1.54. The second-order valence-electron chi connectivity index (χ2n) is 6.02. The fraction of sp³-hybridized carbons (Fsp3) is 0.929. The lowest BCUT2D eigenvalue weighted by atomic mass is 9.98. The highest BCUT2D eigenvalue weighted by Crippen LogP contribution is 2.48. The van der Waals surface area contributed by atoms with Gasteiger partial charge in [0.25, 0.3) is 0 Å². The number of carbonyl (C=O) groups is 1. The van der Waals surface area contributed by atoms with E-state index in [2.05, 4.69) is 10.6 Å². The normalized spacial score (nSPS) is 20.0. The van der Waals surface area contributed by atoms with Crippen LogP contribution in [-0.4, -0.2) is 25.0 Å². The maximum Gasteiger partial charge on any atom is 0.221 e. The number of rotatable bonds is 8. The molecule has 0 unspecified atom stereocenters. The summed E-state index contributed by atoms with van der Waals surface area (Å²) in [5.74, 6) is 3.07. The molecular weight excluding hydrogens is 212 g/mol. The van der Waals surface area contributed by atoms with Crippen LogP contribution in [0.25, 0.3) is 0 Å². The molecule has 0 heterocycles. The molecule has 2 N–H and O–H groups in total. The van der Waals surface area contributed by atoms with Gasteiger partial charge in [0.15, 0.2) is 0 Å². The topological polar surface area (TPSA) is 41.1 Å². The fourth-order valence-corrected chi connectivity index (χ4v) is 2.63. The van der Waals surface area contributed by atoms with Crippen LogP contribution in [0.2, 0.25) is 0 Å². The molecule has 2 aliphatic carbocycles. The standard InChI is InChI=1S/C14H26N2O/c1-10(2)16-14(17)7-8-15-9-13(11-3-4-11)12-5-6-12/h10-13,15H,3-9H2,1-2H3,(H,16,17). The number of amides is 1. The summed E-state index contributed by atoms with van der Waals surface area (Å²) >= 11 is 0. The molecule has 17 heavy (non-hydrogen) atoms. The van der Waals surface area contributed by atoms with E-state index in [1.807, 2.05) is 13.8 Å². The SMILES string of the molecule is CC(C)NC(=O)CCNCC(C1CC1)C1CC1. The summed E-state index contributed by atoms with van der Waals surface area (Å²) in [6.07, 6.45) is 6.38. The van der Waals surface area contributed by atoms with E-state index in [1.54, 1.807) is 0 Å². The van der Waals surface area contributed by atoms with Gasteiger partial charge < -0.3 is 10.6 Å². The van der Waals surface area contributed by atoms with Crippen molar-refractivity contribution in [3.8, 4) is 0 Å². The second-order valence-corrected chi connectivity index (χ2v) is 6.02. The first-order valence-corrected chi connectivity index (χ1v) is 7.17. The van der Waals surface area contributed by atoms with Gasteiger partial charge in [-0.15, -0.1) is 0 Å². The van der Waals surface area contributed by atoms with Crippen molar-refractivity contribution in [1.82, 2.24) is 10.6 Å². The summed E-state index contributed by atoms with van der Waals surface area (Å²) < 4.78 is 0. The molecule has 2 saturated carbocycles. The fourth-order valence-electron chi connectivity index (χ4n) is 2.63. The predicted octanol–water partition coefficient (Wildman–Crippen LogP) is 1.93. The maximum absolute atomic E-state index is 11.4. The molecule has 0 radical (unpaired) electrons. The Bertz CT molecular complexity index is 245. The predicted molar refractivity (Wildman–Crippen MR) is 69.7 cm³/mol. The van der Waals surface area contributed by atoms with Crippen molar-refractivity contribution < 1.29 is 4.79 Å². The number of carbonyl (C=O) groups excluding carboxylic acids is 1. The minimum atomic E-state index is 0.168. The van der Waals surface area contributed by atoms with E-state index in [1.165, 1.54) is 25.7 Å². The largest absolute Gasteiger partial charge is 0.354 e. The average molecular weight is 238 g/mol. The van der Waals surface area contributed by atoms with Crippen molar-refractivity contribution >= 4 is 5.91 Å². The Morgan fingerprint density at radius 2 is 1.76 bits per heavy atom. The summed E-state index contributed by atoms with van der Waals surface area (Å²) in [6.45, 7) is 5.96. The summed E-state index contributed by atoms with van der Waals surface area (Å²) in [6, 6.07) is 0.258. The molecule has 1 amide bonds. The van der Waals surface area contributed by atoms with Crippen LogP contribution in [0.15, 0.2) is 0 Å². The molecule has 3 heteroatoms. The summed E-state index contributed by atoms with van der Waals surface area (Å²) in [4.78, 5) is 11.4. The van der Waals surface area contributed by atoms with Gasteiger partial charge in [-0.1, -0.05) is 0 Å². The molecule has 0 aromatic carbocycles. The highest BCUT2D eigenvalue weighted by molar-refractivity contribution is 5.76. The van der Waals surface area contributed by atoms with E-state index in [-0.39, 0.29) is 11.9 Å². The van der Waals surface area contributed by atoms with Gasteiger partial charge >= 0.3 is 0 Å². The maximum atomic E-state index is 11.4. The Kier molecular flexibility index (Phi) is 4.43. The van der Waals surface area contributed by atoms with E-state index >= 15 is 0 Å². The minimum absolute atomic E-state index is 0.168. The molecular formula is C14H26N2O. The van der Waals surface area contributed by atoms with Crippen LogP contribution in [0.4, 0.5) is 0 Å². The summed E-state index contributed by atoms with van der Waals surface area (Å²) in [5, 5.41) is 6.39. The van der Waals surface area contributed by atoms with Crippen LogP contribution in [0.5, 0.6) is 0 Å². The van der Waals surface area contributed by atoms with Gasteiger partial charge in [-0.3, -0.25) is 4.79 Å². The van der Waals surface area contributed by atoms with Crippen LogP contribution in [0, 0.1) is 17.8 Å². The zero-order valence-electron chi connectivity index (χ0n) is 11.2. The van der Waals surface area contributed by atoms with Crippen LogP contribution < -0.4 is 10.6 Å². The molecule has 2 rings (SSSR count). The van der Waals surface area contributed by atoms with Crippen molar-refractivity contribution in [2.45, 2.75) is 52.0 Å². The van der Waals surface area contributed by atoms with Crippen LogP contribution >= 0.6 is 0 Å². The molecule has 0 spiro atoms. The number of hydrogen-bond donors (Lipinski definition) is 2. The Hall–Kier alpha value is -0.570. The van der Waals surface area contributed by atoms with Crippen LogP contribution in [0.3, 0.4) is 0 Å². The molecule has 0 saturated heterocycles. The van der Waals surface area contributed by atoms with Gasteiger partial charge in [0.1, 0.15) is 0 Å². The quantitative estimate of drug-likeness (QED) is 0.634. The van der Waals surface area contributed by atoms with Gasteiger partial charge in [0.05, 0.1) is 0 Å². The van der Waals surface area contributed by atoms with Gasteiger partial charge in [-0.05, 0) is 63.8 Å². The molecule has 0 atom stereocenters. The molecule has 0 aromatic rings. The van der Waals surface area contributed by atoms with Gasteiger partial charge in [0.2, 0.25) is 5.91 Å². The smallest absolute Gasteiger partial charge is 0.221 e. The number of hydrogen-bond acceptors (Lipinski definition) is 2. The van der Waals surface area contributed by atoms with E-state index in [9.17, 15) is 4.79 Å². The van der Waals surface area contributed by atoms with Gasteiger partial charge in [0, 0.05) is 19.0 Å². The molecule has 2 fully saturated rings. The zero-order chi connectivity index (χ0) is 12.3. The van der Waals surface area contributed by atoms with Crippen molar-refractivity contribution in [2.24, 2.45) is 17.8 Å². The van der Waals surface area contributed by atoms with E-state index in [0.717, 1.165) is 30.8 Å². The Morgan fingerprint density at radius 3 is 2.24 bits per heavy atom. The van der Waals surface area contributed by atoms with Gasteiger partial charge in [-0.25, -0.2) is 0 Å². The van der Waals surface area contributed by atoms with Crippen molar-refractivity contribution in [3.05, 3.63) is 0 Å². The van der Waals surface area contributed by atoms with Crippen molar-refractivity contribution in [2.75, 3.05) is 13.1 Å². The summed E-state index contributed by atoms with van der Waals surface area (Å²) in [7, 11) is 0. The van der Waals surface area contributed by atoms with Gasteiger partial charge in [-0.2, -0.15) is 0 Å². The van der Waals surface area contributed by atoms with Crippen LogP contribution in [0.1, 0.15) is 46.0 Å². The minimum Gasteiger partial charge on any atom is -0.354 e. The van der Waals surface area contributed by atoms with E-state index in [0.29, 0.717) is 6.42 Å². The van der Waals surface area contributed by atoms with Crippen LogP contribution in [-0.2, 0) is 4.79 Å². The first kappa shape index (κ1) is 12.9. The highest BCUT2D eigenvalue weighted by atomic mass is 16.1. The molecule has 0 aromatic heterocycles. The molecule has 2 aliphatic rings. The zero-order valence-corrected chi connectivity index (χ0v) is 11.2. The average Bonchev–Trinajstić information content (AvgIpc) is 3.11. The molecule has 0 bridgehead atoms. The molecule has 0 aliphatic heterocycles. The summed E-state index contributed by atoms with van der Waals surface area (Å²) in [5.41, 5.74) is 0. The monoisotopic (exact) mass is 238 g/mol. The molecule has 3 nitrogen and oxygen atoms in total. The van der Waals surface area contributed by atoms with Crippen molar-refractivity contribution in [1.29, 1.82) is 0 Å². The highest BCUT2D eigenvalue weighted by Gasteiger charge is 2.40. The van der Waals surface area contributed by atoms with E-state index < -0.39 is 0 Å². The first-order valence-electron chi connectivity index (χ1n) is 7.17. The van der Waals surface area contributed by atoms with Crippen molar-refractivity contribution in [3.63, 3.8) is 0 Å². The third-order valence-electron chi connectivity index (χ3n) is 3.81. The Labute approximate surface area is 105 Å². The third-order valence-corrected chi connectivity index (χ3v) is 3.81. The first-order chi connectivity index (χ1) is 8.16. The second kappa shape index (κ2) is 5.85. The molecule has 98 valence electrons. The third kappa shape index (κ3) is 4.66. The lowest BCUT2D eigenvalue weighted by molar-refractivity contribution is -0.121.